The largest absolute Gasteiger partial charge is 0.479 e. The molecule has 0 saturated carbocycles. The zero-order chi connectivity index (χ0) is 16.0. The van der Waals surface area contributed by atoms with Crippen molar-refractivity contribution in [3.8, 4) is 5.75 Å². The Labute approximate surface area is 132 Å². The number of hydrogen-bond donors (Lipinski definition) is 2. The number of nitrogens with one attached hydrogen (secondary N) is 1. The summed E-state index contributed by atoms with van der Waals surface area (Å²) in [7, 11) is 0. The molecule has 0 heterocycles. The number of hydrogen-bond acceptors (Lipinski definition) is 3. The van der Waals surface area contributed by atoms with Crippen LogP contribution in [0.4, 0.5) is 0 Å². The number of amides is 1. The Balaban J connectivity index is 3.09. The lowest BCUT2D eigenvalue weighted by atomic mass is 10.2. The first kappa shape index (κ1) is 17.3. The Kier molecular flexibility index (Phi) is 6.52. The van der Waals surface area contributed by atoms with Crippen molar-refractivity contribution in [2.75, 3.05) is 6.54 Å². The highest BCUT2D eigenvalue weighted by atomic mass is 35.5. The lowest BCUT2D eigenvalue weighted by Gasteiger charge is -2.17. The standard InChI is InChI=1S/C14H15Cl2NO4/c1-3-17-14(20)8(2)21-13-9(4-5-12(18)19)6-10(15)7-11(13)16/h4-8H,3H2,1-2H3,(H,17,20)(H,18,19)/b5-4+. The number of carbonyl (C=O) groups is 2. The molecule has 5 nitrogen and oxygen atoms in total. The van der Waals surface area contributed by atoms with E-state index in [4.69, 9.17) is 33.0 Å². The molecule has 7 heteroatoms. The first-order valence-electron chi connectivity index (χ1n) is 6.19. The molecule has 0 aromatic heterocycles. The van der Waals surface area contributed by atoms with Gasteiger partial charge in [-0.2, -0.15) is 0 Å². The first-order valence-corrected chi connectivity index (χ1v) is 6.95. The number of carboxylic acids is 1. The van der Waals surface area contributed by atoms with Crippen LogP contribution in [0.1, 0.15) is 19.4 Å². The van der Waals surface area contributed by atoms with Crippen LogP contribution in [-0.2, 0) is 9.59 Å². The third-order valence-corrected chi connectivity index (χ3v) is 2.96. The molecule has 0 radical (unpaired) electrons. The summed E-state index contributed by atoms with van der Waals surface area (Å²) in [6.45, 7) is 3.84. The molecule has 0 bridgehead atoms. The molecule has 0 spiro atoms. The van der Waals surface area contributed by atoms with Crippen LogP contribution in [0.3, 0.4) is 0 Å². The minimum atomic E-state index is -1.12. The summed E-state index contributed by atoms with van der Waals surface area (Å²) in [5, 5.41) is 11.8. The number of halogens is 2. The maximum atomic E-state index is 11.7. The van der Waals surface area contributed by atoms with Crippen molar-refractivity contribution >= 4 is 41.2 Å². The van der Waals surface area contributed by atoms with Gasteiger partial charge in [-0.1, -0.05) is 23.2 Å². The Morgan fingerprint density at radius 2 is 2.10 bits per heavy atom. The SMILES string of the molecule is CCNC(=O)C(C)Oc1c(Cl)cc(Cl)cc1/C=C/C(=O)O. The molecule has 21 heavy (non-hydrogen) atoms. The Morgan fingerprint density at radius 1 is 1.43 bits per heavy atom. The number of rotatable bonds is 6. The van der Waals surface area contributed by atoms with E-state index in [2.05, 4.69) is 5.32 Å². The van der Waals surface area contributed by atoms with E-state index >= 15 is 0 Å². The zero-order valence-corrected chi connectivity index (χ0v) is 13.0. The Bertz CT molecular complexity index is 572. The fraction of sp³-hybridized carbons (Fsp3) is 0.286. The van der Waals surface area contributed by atoms with Gasteiger partial charge in [0.15, 0.2) is 6.10 Å². The van der Waals surface area contributed by atoms with Crippen molar-refractivity contribution in [3.05, 3.63) is 33.8 Å². The van der Waals surface area contributed by atoms with Gasteiger partial charge < -0.3 is 15.2 Å². The third kappa shape index (κ3) is 5.28. The van der Waals surface area contributed by atoms with Crippen LogP contribution >= 0.6 is 23.2 Å². The number of carboxylic acid groups (broad SMARTS) is 1. The Morgan fingerprint density at radius 3 is 2.67 bits per heavy atom. The lowest BCUT2D eigenvalue weighted by Crippen LogP contribution is -2.36. The molecular formula is C14H15Cl2NO4. The van der Waals surface area contributed by atoms with Gasteiger partial charge >= 0.3 is 5.97 Å². The van der Waals surface area contributed by atoms with Crippen molar-refractivity contribution in [2.24, 2.45) is 0 Å². The van der Waals surface area contributed by atoms with Crippen LogP contribution in [0, 0.1) is 0 Å². The van der Waals surface area contributed by atoms with E-state index in [0.29, 0.717) is 17.1 Å². The van der Waals surface area contributed by atoms with Gasteiger partial charge in [-0.25, -0.2) is 4.79 Å². The van der Waals surface area contributed by atoms with Crippen molar-refractivity contribution in [1.82, 2.24) is 5.32 Å². The highest BCUT2D eigenvalue weighted by molar-refractivity contribution is 6.36. The predicted octanol–water partition coefficient (Wildman–Crippen LogP) is 2.99. The minimum absolute atomic E-state index is 0.198. The summed E-state index contributed by atoms with van der Waals surface area (Å²) >= 11 is 11.9. The fourth-order valence-corrected chi connectivity index (χ4v) is 2.09. The second kappa shape index (κ2) is 7.90. The number of carbonyl (C=O) groups excluding carboxylic acids is 1. The van der Waals surface area contributed by atoms with Crippen molar-refractivity contribution in [1.29, 1.82) is 0 Å². The van der Waals surface area contributed by atoms with Crippen LogP contribution in [0.25, 0.3) is 6.08 Å². The molecule has 1 atom stereocenters. The molecule has 1 aromatic rings. The predicted molar refractivity (Wildman–Crippen MR) is 81.9 cm³/mol. The van der Waals surface area contributed by atoms with E-state index in [1.54, 1.807) is 13.8 Å². The van der Waals surface area contributed by atoms with Crippen molar-refractivity contribution < 1.29 is 19.4 Å². The Hall–Kier alpha value is -1.72. The van der Waals surface area contributed by atoms with Gasteiger partial charge in [0.25, 0.3) is 5.91 Å². The molecule has 1 aromatic carbocycles. The highest BCUT2D eigenvalue weighted by Gasteiger charge is 2.18. The van der Waals surface area contributed by atoms with E-state index in [1.165, 1.54) is 18.2 Å². The second-order valence-corrected chi connectivity index (χ2v) is 4.98. The summed E-state index contributed by atoms with van der Waals surface area (Å²) in [6.07, 6.45) is 1.46. The maximum absolute atomic E-state index is 11.7. The van der Waals surface area contributed by atoms with Crippen LogP contribution in [0.15, 0.2) is 18.2 Å². The first-order chi connectivity index (χ1) is 9.85. The van der Waals surface area contributed by atoms with E-state index in [1.807, 2.05) is 0 Å². The van der Waals surface area contributed by atoms with E-state index in [9.17, 15) is 9.59 Å². The summed E-state index contributed by atoms with van der Waals surface area (Å²) in [5.74, 6) is -1.21. The lowest BCUT2D eigenvalue weighted by molar-refractivity contribution is -0.131. The van der Waals surface area contributed by atoms with E-state index in [-0.39, 0.29) is 16.7 Å². The zero-order valence-electron chi connectivity index (χ0n) is 11.5. The minimum Gasteiger partial charge on any atom is -0.479 e. The van der Waals surface area contributed by atoms with Gasteiger partial charge in [-0.05, 0) is 32.1 Å². The van der Waals surface area contributed by atoms with Crippen molar-refractivity contribution in [3.63, 3.8) is 0 Å². The molecule has 0 saturated heterocycles. The fourth-order valence-electron chi connectivity index (χ4n) is 1.54. The molecule has 0 aliphatic rings. The van der Waals surface area contributed by atoms with Gasteiger partial charge in [0.1, 0.15) is 5.75 Å². The van der Waals surface area contributed by atoms with Gasteiger partial charge in [0.05, 0.1) is 5.02 Å². The van der Waals surface area contributed by atoms with E-state index in [0.717, 1.165) is 6.08 Å². The van der Waals surface area contributed by atoms with Crippen LogP contribution in [0.5, 0.6) is 5.75 Å². The molecular weight excluding hydrogens is 317 g/mol. The van der Waals surface area contributed by atoms with Gasteiger partial charge in [-0.3, -0.25) is 4.79 Å². The molecule has 1 rings (SSSR count). The van der Waals surface area contributed by atoms with E-state index < -0.39 is 12.1 Å². The van der Waals surface area contributed by atoms with Gasteiger partial charge in [-0.15, -0.1) is 0 Å². The average molecular weight is 332 g/mol. The molecule has 2 N–H and O–H groups in total. The monoisotopic (exact) mass is 331 g/mol. The molecule has 0 aliphatic heterocycles. The average Bonchev–Trinajstić information content (AvgIpc) is 2.39. The number of likely N-dealkylation sites (N-methyl/N-ethyl adjacent to an activating group) is 1. The second-order valence-electron chi connectivity index (χ2n) is 4.13. The molecule has 0 aliphatic carbocycles. The van der Waals surface area contributed by atoms with Gasteiger partial charge in [0, 0.05) is 23.2 Å². The summed E-state index contributed by atoms with van der Waals surface area (Å²) in [5.41, 5.74) is 0.381. The highest BCUT2D eigenvalue weighted by Crippen LogP contribution is 2.34. The number of aliphatic carboxylic acids is 1. The van der Waals surface area contributed by atoms with Gasteiger partial charge in [0.2, 0.25) is 0 Å². The molecule has 114 valence electrons. The maximum Gasteiger partial charge on any atom is 0.328 e. The summed E-state index contributed by atoms with van der Waals surface area (Å²) in [6, 6.07) is 2.97. The molecule has 1 unspecified atom stereocenters. The normalized spacial score (nSPS) is 12.2. The quantitative estimate of drug-likeness (QED) is 0.785. The number of ether oxygens (including phenoxy) is 1. The van der Waals surface area contributed by atoms with Crippen LogP contribution in [0.2, 0.25) is 10.0 Å². The number of benzene rings is 1. The topological polar surface area (TPSA) is 75.6 Å². The molecule has 1 amide bonds. The van der Waals surface area contributed by atoms with Crippen LogP contribution in [-0.4, -0.2) is 29.6 Å². The smallest absolute Gasteiger partial charge is 0.328 e. The summed E-state index contributed by atoms with van der Waals surface area (Å²) < 4.78 is 5.53. The third-order valence-electron chi connectivity index (χ3n) is 2.46. The van der Waals surface area contributed by atoms with Crippen LogP contribution < -0.4 is 10.1 Å². The van der Waals surface area contributed by atoms with Crippen molar-refractivity contribution in [2.45, 2.75) is 20.0 Å². The molecule has 0 fully saturated rings. The summed E-state index contributed by atoms with van der Waals surface area (Å²) in [4.78, 5) is 22.3.